The van der Waals surface area contributed by atoms with Crippen molar-refractivity contribution in [1.29, 1.82) is 0 Å². The van der Waals surface area contributed by atoms with Gasteiger partial charge in [0.25, 0.3) is 0 Å². The van der Waals surface area contributed by atoms with Crippen molar-refractivity contribution in [3.8, 4) is 5.69 Å². The zero-order valence-corrected chi connectivity index (χ0v) is 26.1. The molecule has 230 valence electrons. The Labute approximate surface area is 259 Å². The first-order valence-electron chi connectivity index (χ1n) is 15.4. The number of likely N-dealkylation sites (tertiary alicyclic amines) is 1. The molecule has 0 saturated carbocycles. The number of hydrogen-bond donors (Lipinski definition) is 2. The quantitative estimate of drug-likeness (QED) is 0.219. The number of carbonyl (C=O) groups excluding carboxylic acids is 2. The van der Waals surface area contributed by atoms with Gasteiger partial charge in [0, 0.05) is 36.7 Å². The number of nitrogens with one attached hydrogen (secondary N) is 2. The topological polar surface area (TPSA) is 79.3 Å². The Morgan fingerprint density at radius 1 is 0.886 bits per heavy atom. The minimum absolute atomic E-state index is 0.165. The van der Waals surface area contributed by atoms with Crippen LogP contribution in [0.15, 0.2) is 78.9 Å². The molecule has 2 heterocycles. The fourth-order valence-electron chi connectivity index (χ4n) is 5.50. The van der Waals surface area contributed by atoms with E-state index in [0.717, 1.165) is 54.9 Å². The van der Waals surface area contributed by atoms with Crippen molar-refractivity contribution < 1.29 is 14.0 Å². The summed E-state index contributed by atoms with van der Waals surface area (Å²) in [4.78, 5) is 27.7. The Balaban J connectivity index is 1.11. The molecule has 0 bridgehead atoms. The summed E-state index contributed by atoms with van der Waals surface area (Å²) in [6, 6.07) is 24.0. The molecule has 5 rings (SSSR count). The zero-order valence-electron chi connectivity index (χ0n) is 26.1. The van der Waals surface area contributed by atoms with Crippen LogP contribution in [0.3, 0.4) is 0 Å². The number of urea groups is 1. The molecule has 2 N–H and O–H groups in total. The van der Waals surface area contributed by atoms with Crippen molar-refractivity contribution >= 4 is 23.4 Å². The minimum atomic E-state index is -0.331. The maximum Gasteiger partial charge on any atom is 0.324 e. The van der Waals surface area contributed by atoms with Gasteiger partial charge in [-0.25, -0.2) is 13.9 Å². The SMILES string of the molecule is Cc1ccc(-n2nc(C(C)(C)C)cc2NC(=O)Nc2ccc(CC3CCN(C(=O)CCc4ccc(F)cc4)CC3)cc2)cc1. The monoisotopic (exact) mass is 595 g/mol. The summed E-state index contributed by atoms with van der Waals surface area (Å²) in [5.74, 6) is 1.02. The first-order chi connectivity index (χ1) is 21.0. The van der Waals surface area contributed by atoms with Crippen molar-refractivity contribution in [1.82, 2.24) is 14.7 Å². The van der Waals surface area contributed by atoms with E-state index in [-0.39, 0.29) is 23.2 Å². The molecule has 8 heteroatoms. The third-order valence-electron chi connectivity index (χ3n) is 8.24. The molecular formula is C36H42FN5O2. The maximum absolute atomic E-state index is 13.1. The number of carbonyl (C=O) groups is 2. The van der Waals surface area contributed by atoms with Gasteiger partial charge in [0.1, 0.15) is 11.6 Å². The van der Waals surface area contributed by atoms with Gasteiger partial charge < -0.3 is 10.2 Å². The van der Waals surface area contributed by atoms with Crippen LogP contribution in [-0.2, 0) is 23.1 Å². The molecule has 4 aromatic rings. The molecular weight excluding hydrogens is 553 g/mol. The number of aromatic nitrogens is 2. The van der Waals surface area contributed by atoms with Gasteiger partial charge in [-0.1, -0.05) is 62.7 Å². The lowest BCUT2D eigenvalue weighted by Gasteiger charge is -2.32. The van der Waals surface area contributed by atoms with E-state index in [1.165, 1.54) is 17.7 Å². The number of halogens is 1. The number of benzene rings is 3. The van der Waals surface area contributed by atoms with E-state index in [2.05, 4.69) is 43.5 Å². The second kappa shape index (κ2) is 13.5. The highest BCUT2D eigenvalue weighted by atomic mass is 19.1. The van der Waals surface area contributed by atoms with Gasteiger partial charge in [-0.15, -0.1) is 0 Å². The molecule has 1 aliphatic rings. The van der Waals surface area contributed by atoms with Crippen LogP contribution in [-0.4, -0.2) is 39.7 Å². The van der Waals surface area contributed by atoms with Crippen LogP contribution in [0.2, 0.25) is 0 Å². The van der Waals surface area contributed by atoms with Crippen LogP contribution in [0.25, 0.3) is 5.69 Å². The highest BCUT2D eigenvalue weighted by Crippen LogP contribution is 2.27. The van der Waals surface area contributed by atoms with E-state index < -0.39 is 0 Å². The van der Waals surface area contributed by atoms with Gasteiger partial charge in [0.05, 0.1) is 11.4 Å². The van der Waals surface area contributed by atoms with Crippen molar-refractivity contribution in [3.05, 3.63) is 107 Å². The Bertz CT molecular complexity index is 1560. The van der Waals surface area contributed by atoms with Gasteiger partial charge in [0.2, 0.25) is 5.91 Å². The first-order valence-corrected chi connectivity index (χ1v) is 15.4. The molecule has 0 unspecified atom stereocenters. The molecule has 3 aromatic carbocycles. The number of piperidine rings is 1. The summed E-state index contributed by atoms with van der Waals surface area (Å²) in [7, 11) is 0. The molecule has 0 aliphatic carbocycles. The average Bonchev–Trinajstić information content (AvgIpc) is 3.43. The molecule has 1 aromatic heterocycles. The number of rotatable bonds is 8. The normalized spacial score (nSPS) is 14.0. The average molecular weight is 596 g/mol. The Kier molecular flexibility index (Phi) is 9.47. The Morgan fingerprint density at radius 3 is 2.16 bits per heavy atom. The zero-order chi connectivity index (χ0) is 31.3. The molecule has 44 heavy (non-hydrogen) atoms. The summed E-state index contributed by atoms with van der Waals surface area (Å²) >= 11 is 0. The molecule has 0 spiro atoms. The summed E-state index contributed by atoms with van der Waals surface area (Å²) in [6.45, 7) is 9.87. The van der Waals surface area contributed by atoms with E-state index in [4.69, 9.17) is 5.10 Å². The lowest BCUT2D eigenvalue weighted by atomic mass is 9.90. The summed E-state index contributed by atoms with van der Waals surface area (Å²) < 4.78 is 14.9. The minimum Gasteiger partial charge on any atom is -0.343 e. The lowest BCUT2D eigenvalue weighted by molar-refractivity contribution is -0.132. The number of aryl methyl sites for hydroxylation is 2. The lowest BCUT2D eigenvalue weighted by Crippen LogP contribution is -2.39. The fourth-order valence-corrected chi connectivity index (χ4v) is 5.50. The molecule has 1 fully saturated rings. The van der Waals surface area contributed by atoms with Gasteiger partial charge in [-0.05, 0) is 86.1 Å². The second-order valence-corrected chi connectivity index (χ2v) is 12.8. The number of amides is 3. The van der Waals surface area contributed by atoms with Crippen LogP contribution in [0.4, 0.5) is 20.7 Å². The standard InChI is InChI=1S/C36H42FN5O2/c1-25-5-16-31(17-6-25)42-33(24-32(40-42)36(2,3)4)39-35(44)38-30-14-9-27(10-15-30)23-28-19-21-41(22-20-28)34(43)18-11-26-7-12-29(37)13-8-26/h5-10,12-17,24,28H,11,18-23H2,1-4H3,(H2,38,39,44). The smallest absolute Gasteiger partial charge is 0.324 e. The van der Waals surface area contributed by atoms with Gasteiger partial charge in [-0.3, -0.25) is 10.1 Å². The van der Waals surface area contributed by atoms with Crippen molar-refractivity contribution in [2.24, 2.45) is 5.92 Å². The van der Waals surface area contributed by atoms with Crippen molar-refractivity contribution in [2.45, 2.75) is 65.2 Å². The fraction of sp³-hybridized carbons (Fsp3) is 0.361. The summed E-state index contributed by atoms with van der Waals surface area (Å²) in [5, 5.41) is 10.7. The van der Waals surface area contributed by atoms with E-state index in [1.54, 1.807) is 16.8 Å². The van der Waals surface area contributed by atoms with Gasteiger partial charge in [0.15, 0.2) is 0 Å². The van der Waals surface area contributed by atoms with E-state index in [9.17, 15) is 14.0 Å². The van der Waals surface area contributed by atoms with E-state index in [0.29, 0.717) is 30.3 Å². The van der Waals surface area contributed by atoms with Gasteiger partial charge in [-0.2, -0.15) is 5.10 Å². The summed E-state index contributed by atoms with van der Waals surface area (Å²) in [5.41, 5.74) is 5.66. The van der Waals surface area contributed by atoms with Crippen LogP contribution in [0.5, 0.6) is 0 Å². The predicted molar refractivity (Wildman–Crippen MR) is 174 cm³/mol. The second-order valence-electron chi connectivity index (χ2n) is 12.8. The molecule has 1 aliphatic heterocycles. The highest BCUT2D eigenvalue weighted by molar-refractivity contribution is 5.99. The molecule has 7 nitrogen and oxygen atoms in total. The van der Waals surface area contributed by atoms with Gasteiger partial charge >= 0.3 is 6.03 Å². The van der Waals surface area contributed by atoms with E-state index >= 15 is 0 Å². The molecule has 3 amide bonds. The number of nitrogens with zero attached hydrogens (tertiary/aromatic N) is 3. The Morgan fingerprint density at radius 2 is 1.52 bits per heavy atom. The number of hydrogen-bond acceptors (Lipinski definition) is 3. The van der Waals surface area contributed by atoms with Crippen molar-refractivity contribution in [2.75, 3.05) is 23.7 Å². The first kappa shape index (κ1) is 31.0. The molecule has 0 radical (unpaired) electrons. The summed E-state index contributed by atoms with van der Waals surface area (Å²) in [6.07, 6.45) is 3.96. The third kappa shape index (κ3) is 8.13. The maximum atomic E-state index is 13.1. The van der Waals surface area contributed by atoms with E-state index in [1.807, 2.05) is 54.3 Å². The third-order valence-corrected chi connectivity index (χ3v) is 8.24. The van der Waals surface area contributed by atoms with Crippen LogP contribution in [0.1, 0.15) is 62.4 Å². The highest BCUT2D eigenvalue weighted by Gasteiger charge is 2.24. The Hall–Kier alpha value is -4.46. The largest absolute Gasteiger partial charge is 0.343 e. The van der Waals surface area contributed by atoms with Crippen LogP contribution < -0.4 is 10.6 Å². The number of anilines is 2. The van der Waals surface area contributed by atoms with Crippen LogP contribution in [0, 0.1) is 18.7 Å². The molecule has 0 atom stereocenters. The van der Waals surface area contributed by atoms with Crippen LogP contribution >= 0.6 is 0 Å². The predicted octanol–water partition coefficient (Wildman–Crippen LogP) is 7.68. The molecule has 1 saturated heterocycles. The van der Waals surface area contributed by atoms with Crippen molar-refractivity contribution in [3.63, 3.8) is 0 Å².